The van der Waals surface area contributed by atoms with Gasteiger partial charge >= 0.3 is 0 Å². The van der Waals surface area contributed by atoms with Crippen LogP contribution < -0.4 is 5.32 Å². The number of hydrogen-bond acceptors (Lipinski definition) is 3. The van der Waals surface area contributed by atoms with Crippen molar-refractivity contribution in [1.82, 2.24) is 10.2 Å². The zero-order valence-corrected chi connectivity index (χ0v) is 5.59. The van der Waals surface area contributed by atoms with Crippen molar-refractivity contribution >= 4 is 0 Å². The predicted molar refractivity (Wildman–Crippen MR) is 34.7 cm³/mol. The highest BCUT2D eigenvalue weighted by Crippen LogP contribution is 2.04. The lowest BCUT2D eigenvalue weighted by atomic mass is 10.1. The Morgan fingerprint density at radius 1 is 1.78 bits per heavy atom. The summed E-state index contributed by atoms with van der Waals surface area (Å²) in [6, 6.07) is 0.426. The second kappa shape index (κ2) is 2.70. The molecule has 0 radical (unpaired) electrons. The van der Waals surface area contributed by atoms with Gasteiger partial charge in [0.15, 0.2) is 6.19 Å². The second-order valence-electron chi connectivity index (χ2n) is 2.31. The van der Waals surface area contributed by atoms with Crippen molar-refractivity contribution in [2.24, 2.45) is 0 Å². The van der Waals surface area contributed by atoms with Crippen LogP contribution in [-0.4, -0.2) is 30.6 Å². The second-order valence-corrected chi connectivity index (χ2v) is 2.31. The molecule has 0 unspecified atom stereocenters. The van der Waals surface area contributed by atoms with Crippen molar-refractivity contribution in [3.63, 3.8) is 0 Å². The molecule has 0 bridgehead atoms. The standard InChI is InChI=1S/C6H11N3/c1-2-9-3-6(4-9)8-5-7/h6,8H,2-4H2,1H3. The number of nitrogens with one attached hydrogen (secondary N) is 1. The average Bonchev–Trinajstić information content (AvgIpc) is 1.77. The van der Waals surface area contributed by atoms with E-state index in [0.29, 0.717) is 6.04 Å². The van der Waals surface area contributed by atoms with Crippen LogP contribution in [0.1, 0.15) is 6.92 Å². The van der Waals surface area contributed by atoms with Gasteiger partial charge in [0.25, 0.3) is 0 Å². The van der Waals surface area contributed by atoms with E-state index in [2.05, 4.69) is 17.1 Å². The molecule has 0 aliphatic carbocycles. The first-order valence-corrected chi connectivity index (χ1v) is 3.23. The average molecular weight is 125 g/mol. The fourth-order valence-corrected chi connectivity index (χ4v) is 1.01. The van der Waals surface area contributed by atoms with Crippen molar-refractivity contribution in [2.45, 2.75) is 13.0 Å². The molecule has 9 heavy (non-hydrogen) atoms. The maximum Gasteiger partial charge on any atom is 0.176 e. The molecule has 0 aromatic rings. The minimum Gasteiger partial charge on any atom is -0.318 e. The van der Waals surface area contributed by atoms with Crippen LogP contribution in [0.2, 0.25) is 0 Å². The molecule has 1 N–H and O–H groups in total. The Balaban J connectivity index is 2.06. The van der Waals surface area contributed by atoms with Crippen molar-refractivity contribution in [3.8, 4) is 6.19 Å². The Bertz CT molecular complexity index is 121. The SMILES string of the molecule is CCN1CC(NC#N)C1. The summed E-state index contributed by atoms with van der Waals surface area (Å²) in [5.41, 5.74) is 0. The number of likely N-dealkylation sites (N-methyl/N-ethyl adjacent to an activating group) is 1. The number of nitriles is 1. The van der Waals surface area contributed by atoms with Crippen molar-refractivity contribution < 1.29 is 0 Å². The first-order chi connectivity index (χ1) is 4.36. The Morgan fingerprint density at radius 3 is 2.89 bits per heavy atom. The van der Waals surface area contributed by atoms with E-state index in [9.17, 15) is 0 Å². The Kier molecular flexibility index (Phi) is 1.91. The molecule has 50 valence electrons. The van der Waals surface area contributed by atoms with Gasteiger partial charge in [0.05, 0.1) is 6.04 Å². The van der Waals surface area contributed by atoms with Gasteiger partial charge in [-0.15, -0.1) is 0 Å². The molecule has 0 aromatic carbocycles. The van der Waals surface area contributed by atoms with Gasteiger partial charge in [0.1, 0.15) is 0 Å². The van der Waals surface area contributed by atoms with E-state index in [-0.39, 0.29) is 0 Å². The molecule has 3 nitrogen and oxygen atoms in total. The fraction of sp³-hybridized carbons (Fsp3) is 0.833. The van der Waals surface area contributed by atoms with E-state index < -0.39 is 0 Å². The van der Waals surface area contributed by atoms with Crippen LogP contribution in [0.15, 0.2) is 0 Å². The molecule has 0 amide bonds. The van der Waals surface area contributed by atoms with Gasteiger partial charge in [-0.3, -0.25) is 4.90 Å². The van der Waals surface area contributed by atoms with E-state index >= 15 is 0 Å². The number of nitrogens with zero attached hydrogens (tertiary/aromatic N) is 2. The third kappa shape index (κ3) is 1.33. The maximum absolute atomic E-state index is 8.18. The molecule has 0 aromatic heterocycles. The van der Waals surface area contributed by atoms with Crippen LogP contribution in [0.5, 0.6) is 0 Å². The normalized spacial score (nSPS) is 20.4. The minimum atomic E-state index is 0.426. The van der Waals surface area contributed by atoms with Gasteiger partial charge in [-0.25, -0.2) is 0 Å². The van der Waals surface area contributed by atoms with Crippen molar-refractivity contribution in [2.75, 3.05) is 19.6 Å². The highest BCUT2D eigenvalue weighted by Gasteiger charge is 2.23. The van der Waals surface area contributed by atoms with E-state index in [1.807, 2.05) is 6.19 Å². The summed E-state index contributed by atoms with van der Waals surface area (Å²) in [6.07, 6.45) is 1.94. The van der Waals surface area contributed by atoms with Crippen LogP contribution >= 0.6 is 0 Å². The van der Waals surface area contributed by atoms with Crippen LogP contribution in [0.4, 0.5) is 0 Å². The van der Waals surface area contributed by atoms with Crippen LogP contribution in [0, 0.1) is 11.5 Å². The molecule has 1 rings (SSSR count). The predicted octanol–water partition coefficient (Wildman–Crippen LogP) is -0.239. The van der Waals surface area contributed by atoms with E-state index in [1.54, 1.807) is 0 Å². The fourth-order valence-electron chi connectivity index (χ4n) is 1.01. The van der Waals surface area contributed by atoms with E-state index in [1.165, 1.54) is 0 Å². The van der Waals surface area contributed by atoms with Gasteiger partial charge in [0, 0.05) is 13.1 Å². The molecule has 0 spiro atoms. The lowest BCUT2D eigenvalue weighted by Gasteiger charge is -2.37. The number of likely N-dealkylation sites (tertiary alicyclic amines) is 1. The summed E-state index contributed by atoms with van der Waals surface area (Å²) >= 11 is 0. The molecular weight excluding hydrogens is 114 g/mol. The third-order valence-corrected chi connectivity index (χ3v) is 1.67. The van der Waals surface area contributed by atoms with Gasteiger partial charge in [-0.1, -0.05) is 6.92 Å². The summed E-state index contributed by atoms with van der Waals surface area (Å²) in [5.74, 6) is 0. The maximum atomic E-state index is 8.18. The summed E-state index contributed by atoms with van der Waals surface area (Å²) in [6.45, 7) is 5.29. The largest absolute Gasteiger partial charge is 0.318 e. The summed E-state index contributed by atoms with van der Waals surface area (Å²) in [7, 11) is 0. The molecular formula is C6H11N3. The van der Waals surface area contributed by atoms with Gasteiger partial charge in [-0.05, 0) is 6.54 Å². The number of hydrogen-bond donors (Lipinski definition) is 1. The molecule has 3 heteroatoms. The zero-order valence-electron chi connectivity index (χ0n) is 5.59. The molecule has 1 saturated heterocycles. The van der Waals surface area contributed by atoms with Crippen LogP contribution in [0.3, 0.4) is 0 Å². The number of rotatable bonds is 2. The summed E-state index contributed by atoms with van der Waals surface area (Å²) < 4.78 is 0. The third-order valence-electron chi connectivity index (χ3n) is 1.67. The van der Waals surface area contributed by atoms with Crippen molar-refractivity contribution in [3.05, 3.63) is 0 Å². The zero-order chi connectivity index (χ0) is 6.69. The summed E-state index contributed by atoms with van der Waals surface area (Å²) in [5, 5.41) is 10.9. The Morgan fingerprint density at radius 2 is 2.44 bits per heavy atom. The topological polar surface area (TPSA) is 39.1 Å². The smallest absolute Gasteiger partial charge is 0.176 e. The highest BCUT2D eigenvalue weighted by molar-refractivity contribution is 4.89. The highest BCUT2D eigenvalue weighted by atomic mass is 15.2. The molecule has 1 aliphatic heterocycles. The lowest BCUT2D eigenvalue weighted by molar-refractivity contribution is 0.145. The van der Waals surface area contributed by atoms with Gasteiger partial charge in [0.2, 0.25) is 0 Å². The first kappa shape index (κ1) is 6.37. The monoisotopic (exact) mass is 125 g/mol. The minimum absolute atomic E-state index is 0.426. The molecule has 0 atom stereocenters. The van der Waals surface area contributed by atoms with Crippen molar-refractivity contribution in [1.29, 1.82) is 5.26 Å². The van der Waals surface area contributed by atoms with E-state index in [4.69, 9.17) is 5.26 Å². The molecule has 1 aliphatic rings. The van der Waals surface area contributed by atoms with Crippen LogP contribution in [0.25, 0.3) is 0 Å². The first-order valence-electron chi connectivity index (χ1n) is 3.23. The Labute approximate surface area is 55.3 Å². The Hall–Kier alpha value is -0.750. The molecule has 1 fully saturated rings. The quantitative estimate of drug-likeness (QED) is 0.409. The van der Waals surface area contributed by atoms with Gasteiger partial charge in [-0.2, -0.15) is 5.26 Å². The van der Waals surface area contributed by atoms with Gasteiger partial charge < -0.3 is 5.32 Å². The lowest BCUT2D eigenvalue weighted by Crippen LogP contribution is -2.56. The molecule has 1 heterocycles. The summed E-state index contributed by atoms with van der Waals surface area (Å²) in [4.78, 5) is 2.29. The molecule has 0 saturated carbocycles. The van der Waals surface area contributed by atoms with E-state index in [0.717, 1.165) is 19.6 Å². The van der Waals surface area contributed by atoms with Crippen LogP contribution in [-0.2, 0) is 0 Å².